The summed E-state index contributed by atoms with van der Waals surface area (Å²) in [5.74, 6) is -1.29. The number of hydrogen-bond donors (Lipinski definition) is 3. The molecule has 0 saturated carbocycles. The molecule has 0 aliphatic rings. The second-order valence-electron chi connectivity index (χ2n) is 30.0. The molecule has 0 aliphatic heterocycles. The lowest BCUT2D eigenvalue weighted by molar-refractivity contribution is -0.161. The van der Waals surface area contributed by atoms with E-state index in [4.69, 9.17) is 37.0 Å². The number of carbonyl (C=O) groups is 4. The van der Waals surface area contributed by atoms with Gasteiger partial charge < -0.3 is 33.8 Å². The number of rotatable bonds is 82. The fraction of sp³-hybridized carbons (Fsp3) is 0.951. The first-order chi connectivity index (χ1) is 49.0. The third kappa shape index (κ3) is 76.1. The van der Waals surface area contributed by atoms with E-state index in [0.717, 1.165) is 95.8 Å². The SMILES string of the molecule is CCCCCCCCCCCCCCCCCCC(=O)OC[C@H](COP(=O)(O)OC[C@@H](O)COP(=O)(O)OC[C@@H](COC(=O)CCCCCCCCCC)OC(=O)CCCCCCCCCCCCCCCCCC)OC(=O)CCCCCCCCCCCCCCCCCCCCC(C)C. The molecule has 0 bridgehead atoms. The molecule has 0 heterocycles. The van der Waals surface area contributed by atoms with E-state index in [1.165, 1.54) is 263 Å². The minimum atomic E-state index is -4.96. The van der Waals surface area contributed by atoms with Crippen LogP contribution in [0.3, 0.4) is 0 Å². The van der Waals surface area contributed by atoms with Crippen molar-refractivity contribution in [3.05, 3.63) is 0 Å². The number of phosphoric acid groups is 2. The molecule has 0 fully saturated rings. The first kappa shape index (κ1) is 99.1. The molecule has 19 heteroatoms. The fourth-order valence-electron chi connectivity index (χ4n) is 12.8. The fourth-order valence-corrected chi connectivity index (χ4v) is 14.3. The zero-order valence-electron chi connectivity index (χ0n) is 66.1. The van der Waals surface area contributed by atoms with Gasteiger partial charge in [-0.1, -0.05) is 388 Å². The van der Waals surface area contributed by atoms with Gasteiger partial charge in [0.25, 0.3) is 0 Å². The Hall–Kier alpha value is -1.94. The summed E-state index contributed by atoms with van der Waals surface area (Å²) in [6.45, 7) is 7.35. The van der Waals surface area contributed by atoms with Crippen molar-refractivity contribution >= 4 is 39.5 Å². The van der Waals surface area contributed by atoms with Gasteiger partial charge in [-0.15, -0.1) is 0 Å². The average molecular weight is 1480 g/mol. The highest BCUT2D eigenvalue weighted by Gasteiger charge is 2.30. The van der Waals surface area contributed by atoms with Gasteiger partial charge in [0, 0.05) is 25.7 Å². The lowest BCUT2D eigenvalue weighted by atomic mass is 10.0. The van der Waals surface area contributed by atoms with E-state index < -0.39 is 97.5 Å². The van der Waals surface area contributed by atoms with Crippen LogP contribution < -0.4 is 0 Å². The van der Waals surface area contributed by atoms with Crippen molar-refractivity contribution in [3.8, 4) is 0 Å². The lowest BCUT2D eigenvalue weighted by Crippen LogP contribution is -2.30. The van der Waals surface area contributed by atoms with Crippen molar-refractivity contribution in [3.63, 3.8) is 0 Å². The predicted octanol–water partition coefficient (Wildman–Crippen LogP) is 24.8. The predicted molar refractivity (Wildman–Crippen MR) is 414 cm³/mol. The molecule has 3 N–H and O–H groups in total. The van der Waals surface area contributed by atoms with Gasteiger partial charge in [-0.25, -0.2) is 9.13 Å². The standard InChI is InChI=1S/C82H160O17P2/c1-6-9-12-15-18-21-23-25-27-34-38-42-46-51-56-61-66-80(85)93-72-78(99-82(87)68-63-58-53-48-44-40-36-32-30-29-31-33-37-41-45-49-54-59-64-75(4)5)74-97-101(90,91)95-70-76(83)69-94-100(88,89)96-73-77(71-92-79(84)65-60-55-50-20-17-14-11-8-3)98-81(86)67-62-57-52-47-43-39-35-28-26-24-22-19-16-13-10-7-2/h75-78,83H,6-74H2,1-5H3,(H,88,89)(H,90,91)/t76-,77+,78+/m0/s1. The Morgan fingerprint density at radius 1 is 0.267 bits per heavy atom. The number of carbonyl (C=O) groups excluding carboxylic acids is 4. The van der Waals surface area contributed by atoms with Gasteiger partial charge in [-0.3, -0.25) is 37.3 Å². The highest BCUT2D eigenvalue weighted by Crippen LogP contribution is 2.45. The lowest BCUT2D eigenvalue weighted by Gasteiger charge is -2.21. The summed E-state index contributed by atoms with van der Waals surface area (Å²) in [7, 11) is -9.92. The van der Waals surface area contributed by atoms with Crippen molar-refractivity contribution in [2.45, 2.75) is 457 Å². The van der Waals surface area contributed by atoms with E-state index in [-0.39, 0.29) is 25.7 Å². The van der Waals surface area contributed by atoms with E-state index in [9.17, 15) is 43.2 Å². The highest BCUT2D eigenvalue weighted by molar-refractivity contribution is 7.47. The van der Waals surface area contributed by atoms with Crippen LogP contribution in [0.25, 0.3) is 0 Å². The Bertz CT molecular complexity index is 1930. The molecule has 0 aromatic rings. The van der Waals surface area contributed by atoms with E-state index in [1.54, 1.807) is 0 Å². The average Bonchev–Trinajstić information content (AvgIpc) is 0.944. The van der Waals surface area contributed by atoms with Crippen molar-refractivity contribution in [2.24, 2.45) is 5.92 Å². The molecule has 2 unspecified atom stereocenters. The van der Waals surface area contributed by atoms with E-state index in [1.807, 2.05) is 0 Å². The van der Waals surface area contributed by atoms with Gasteiger partial charge in [0.1, 0.15) is 19.3 Å². The summed E-state index contributed by atoms with van der Waals surface area (Å²) in [5, 5.41) is 10.6. The van der Waals surface area contributed by atoms with Crippen LogP contribution in [0.4, 0.5) is 0 Å². The summed E-state index contributed by atoms with van der Waals surface area (Å²) in [4.78, 5) is 73.0. The zero-order chi connectivity index (χ0) is 74.1. The normalized spacial score (nSPS) is 13.8. The van der Waals surface area contributed by atoms with Gasteiger partial charge in [-0.05, 0) is 31.6 Å². The van der Waals surface area contributed by atoms with Crippen LogP contribution in [0, 0.1) is 5.92 Å². The summed E-state index contributed by atoms with van der Waals surface area (Å²) < 4.78 is 68.7. The largest absolute Gasteiger partial charge is 0.472 e. The minimum absolute atomic E-state index is 0.109. The van der Waals surface area contributed by atoms with E-state index in [2.05, 4.69) is 34.6 Å². The van der Waals surface area contributed by atoms with Gasteiger partial charge in [0.15, 0.2) is 12.2 Å². The molecule has 600 valence electrons. The monoisotopic (exact) mass is 1480 g/mol. The van der Waals surface area contributed by atoms with Crippen molar-refractivity contribution < 1.29 is 80.2 Å². The van der Waals surface area contributed by atoms with Gasteiger partial charge in [-0.2, -0.15) is 0 Å². The maximum absolute atomic E-state index is 13.1. The van der Waals surface area contributed by atoms with Crippen LogP contribution in [0.15, 0.2) is 0 Å². The molecule has 101 heavy (non-hydrogen) atoms. The quantitative estimate of drug-likeness (QED) is 0.0222. The Kier molecular flexibility index (Phi) is 73.5. The number of ether oxygens (including phenoxy) is 4. The molecule has 0 aromatic carbocycles. The maximum Gasteiger partial charge on any atom is 0.472 e. The zero-order valence-corrected chi connectivity index (χ0v) is 67.8. The number of phosphoric ester groups is 2. The maximum atomic E-state index is 13.1. The summed E-state index contributed by atoms with van der Waals surface area (Å²) >= 11 is 0. The summed E-state index contributed by atoms with van der Waals surface area (Å²) in [6, 6.07) is 0. The Morgan fingerprint density at radius 2 is 0.455 bits per heavy atom. The highest BCUT2D eigenvalue weighted by atomic mass is 31.2. The minimum Gasteiger partial charge on any atom is -0.462 e. The molecule has 5 atom stereocenters. The number of esters is 4. The molecule has 0 radical (unpaired) electrons. The van der Waals surface area contributed by atoms with Gasteiger partial charge >= 0.3 is 39.5 Å². The van der Waals surface area contributed by atoms with Crippen LogP contribution in [-0.4, -0.2) is 96.7 Å². The molecule has 0 rings (SSSR count). The molecular formula is C82H160O17P2. The molecular weight excluding hydrogens is 1320 g/mol. The number of aliphatic hydroxyl groups excluding tert-OH is 1. The second-order valence-corrected chi connectivity index (χ2v) is 32.9. The van der Waals surface area contributed by atoms with Crippen LogP contribution in [-0.2, 0) is 65.4 Å². The van der Waals surface area contributed by atoms with Gasteiger partial charge in [0.2, 0.25) is 0 Å². The van der Waals surface area contributed by atoms with Crippen LogP contribution >= 0.6 is 15.6 Å². The summed E-state index contributed by atoms with van der Waals surface area (Å²) in [6.07, 6.45) is 66.7. The molecule has 0 aromatic heterocycles. The van der Waals surface area contributed by atoms with Crippen molar-refractivity contribution in [1.29, 1.82) is 0 Å². The smallest absolute Gasteiger partial charge is 0.462 e. The van der Waals surface area contributed by atoms with Crippen molar-refractivity contribution in [2.75, 3.05) is 39.6 Å². The third-order valence-corrected chi connectivity index (χ3v) is 21.2. The first-order valence-electron chi connectivity index (χ1n) is 42.6. The molecule has 0 spiro atoms. The van der Waals surface area contributed by atoms with E-state index in [0.29, 0.717) is 25.7 Å². The molecule has 0 aliphatic carbocycles. The second kappa shape index (κ2) is 74.9. The first-order valence-corrected chi connectivity index (χ1v) is 45.6. The Morgan fingerprint density at radius 3 is 0.673 bits per heavy atom. The number of aliphatic hydroxyl groups is 1. The Labute approximate surface area is 619 Å². The Balaban J connectivity index is 5.19. The number of unbranched alkanes of at least 4 members (excludes halogenated alkanes) is 54. The topological polar surface area (TPSA) is 237 Å². The summed E-state index contributed by atoms with van der Waals surface area (Å²) in [5.41, 5.74) is 0. The molecule has 17 nitrogen and oxygen atoms in total. The third-order valence-electron chi connectivity index (χ3n) is 19.3. The molecule has 0 amide bonds. The molecule has 0 saturated heterocycles. The van der Waals surface area contributed by atoms with Crippen molar-refractivity contribution in [1.82, 2.24) is 0 Å². The van der Waals surface area contributed by atoms with Crippen LogP contribution in [0.2, 0.25) is 0 Å². The number of hydrogen-bond acceptors (Lipinski definition) is 15. The van der Waals surface area contributed by atoms with Gasteiger partial charge in [0.05, 0.1) is 26.4 Å². The van der Waals surface area contributed by atoms with Crippen LogP contribution in [0.1, 0.15) is 439 Å². The van der Waals surface area contributed by atoms with E-state index >= 15 is 0 Å². The van der Waals surface area contributed by atoms with Crippen LogP contribution in [0.5, 0.6) is 0 Å².